The summed E-state index contributed by atoms with van der Waals surface area (Å²) in [6.07, 6.45) is 0.875. The molecule has 0 spiro atoms. The minimum atomic E-state index is -0.683. The van der Waals surface area contributed by atoms with Crippen LogP contribution >= 0.6 is 0 Å². The second-order valence-corrected chi connectivity index (χ2v) is 5.99. The van der Waals surface area contributed by atoms with E-state index in [0.29, 0.717) is 11.3 Å². The number of hydrogen-bond donors (Lipinski definition) is 1. The first kappa shape index (κ1) is 16.0. The van der Waals surface area contributed by atoms with Crippen LogP contribution < -0.4 is 4.90 Å². The van der Waals surface area contributed by atoms with Gasteiger partial charge in [0.25, 0.3) is 5.91 Å². The van der Waals surface area contributed by atoms with Crippen LogP contribution in [0.3, 0.4) is 0 Å². The molecule has 1 aliphatic heterocycles. The van der Waals surface area contributed by atoms with E-state index in [1.165, 1.54) is 0 Å². The first-order valence-corrected chi connectivity index (χ1v) is 7.92. The molecule has 0 saturated heterocycles. The monoisotopic (exact) mass is 321 g/mol. The van der Waals surface area contributed by atoms with Gasteiger partial charge < -0.3 is 5.11 Å². The first-order valence-electron chi connectivity index (χ1n) is 7.92. The van der Waals surface area contributed by atoms with Gasteiger partial charge in [-0.05, 0) is 54.7 Å². The molecule has 4 heteroatoms. The van der Waals surface area contributed by atoms with Crippen molar-refractivity contribution in [3.05, 3.63) is 70.5 Å². The van der Waals surface area contributed by atoms with Crippen LogP contribution in [0.2, 0.25) is 0 Å². The highest BCUT2D eigenvalue weighted by Gasteiger charge is 2.40. The Bertz CT molecular complexity index is 863. The highest BCUT2D eigenvalue weighted by atomic mass is 16.3. The molecule has 0 bridgehead atoms. The van der Waals surface area contributed by atoms with Gasteiger partial charge >= 0.3 is 5.91 Å². The lowest BCUT2D eigenvalue weighted by Gasteiger charge is -2.15. The van der Waals surface area contributed by atoms with Crippen molar-refractivity contribution in [3.63, 3.8) is 0 Å². The molecular weight excluding hydrogens is 302 g/mol. The number of aryl methyl sites for hydroxylation is 3. The number of anilines is 1. The number of amides is 2. The number of carbonyl (C=O) groups excluding carboxylic acids is 2. The Hall–Kier alpha value is -2.88. The van der Waals surface area contributed by atoms with Crippen LogP contribution in [0.1, 0.15) is 29.2 Å². The van der Waals surface area contributed by atoms with Gasteiger partial charge in [0.15, 0.2) is 5.76 Å². The molecule has 1 aliphatic rings. The summed E-state index contributed by atoms with van der Waals surface area (Å²) in [4.78, 5) is 26.2. The third kappa shape index (κ3) is 2.50. The smallest absolute Gasteiger partial charge is 0.301 e. The quantitative estimate of drug-likeness (QED) is 0.877. The third-order valence-electron chi connectivity index (χ3n) is 4.46. The highest BCUT2D eigenvalue weighted by Crippen LogP contribution is 2.32. The Morgan fingerprint density at radius 3 is 2.17 bits per heavy atom. The Morgan fingerprint density at radius 1 is 0.917 bits per heavy atom. The van der Waals surface area contributed by atoms with Gasteiger partial charge in [-0.15, -0.1) is 0 Å². The first-order chi connectivity index (χ1) is 11.4. The SMILES string of the molecule is CCc1ccc(N2C(=O)C(O)=C(c3ccc(C)c(C)c3)C2=O)cc1. The van der Waals surface area contributed by atoms with Crippen molar-refractivity contribution < 1.29 is 14.7 Å². The van der Waals surface area contributed by atoms with Crippen molar-refractivity contribution in [1.29, 1.82) is 0 Å². The van der Waals surface area contributed by atoms with Gasteiger partial charge in [-0.25, -0.2) is 4.90 Å². The van der Waals surface area contributed by atoms with Crippen molar-refractivity contribution in [1.82, 2.24) is 0 Å². The molecule has 4 nitrogen and oxygen atoms in total. The van der Waals surface area contributed by atoms with E-state index in [1.807, 2.05) is 45.0 Å². The van der Waals surface area contributed by atoms with Crippen LogP contribution in [-0.2, 0) is 16.0 Å². The van der Waals surface area contributed by atoms with Gasteiger partial charge in [0.2, 0.25) is 0 Å². The second kappa shape index (κ2) is 5.96. The van der Waals surface area contributed by atoms with Crippen molar-refractivity contribution in [2.75, 3.05) is 4.90 Å². The van der Waals surface area contributed by atoms with E-state index in [2.05, 4.69) is 0 Å². The Labute approximate surface area is 141 Å². The Balaban J connectivity index is 2.02. The van der Waals surface area contributed by atoms with Crippen molar-refractivity contribution in [2.24, 2.45) is 0 Å². The van der Waals surface area contributed by atoms with Crippen LogP contribution in [-0.4, -0.2) is 16.9 Å². The number of nitrogens with zero attached hydrogens (tertiary/aromatic N) is 1. The van der Waals surface area contributed by atoms with Crippen LogP contribution in [0.5, 0.6) is 0 Å². The van der Waals surface area contributed by atoms with Gasteiger partial charge in [0.05, 0.1) is 11.3 Å². The molecule has 0 aliphatic carbocycles. The largest absolute Gasteiger partial charge is 0.502 e. The summed E-state index contributed by atoms with van der Waals surface area (Å²) in [7, 11) is 0. The molecule has 0 radical (unpaired) electrons. The fourth-order valence-electron chi connectivity index (χ4n) is 2.79. The summed E-state index contributed by atoms with van der Waals surface area (Å²) in [6.45, 7) is 5.93. The molecule has 3 rings (SSSR count). The zero-order valence-corrected chi connectivity index (χ0v) is 14.0. The van der Waals surface area contributed by atoms with Gasteiger partial charge in [0.1, 0.15) is 0 Å². The number of aliphatic hydroxyl groups excluding tert-OH is 1. The summed E-state index contributed by atoms with van der Waals surface area (Å²) in [5.74, 6) is -1.68. The standard InChI is InChI=1S/C20H19NO3/c1-4-14-6-9-16(10-7-14)21-19(23)17(18(22)20(21)24)15-8-5-12(2)13(3)11-15/h5-11,22H,4H2,1-3H3. The fraction of sp³-hybridized carbons (Fsp3) is 0.200. The molecule has 0 fully saturated rings. The number of aliphatic hydroxyl groups is 1. The molecule has 2 aromatic carbocycles. The van der Waals surface area contributed by atoms with Crippen molar-refractivity contribution in [3.8, 4) is 0 Å². The molecule has 24 heavy (non-hydrogen) atoms. The zero-order chi connectivity index (χ0) is 17.4. The van der Waals surface area contributed by atoms with E-state index in [-0.39, 0.29) is 5.57 Å². The summed E-state index contributed by atoms with van der Waals surface area (Å²) in [6, 6.07) is 12.7. The topological polar surface area (TPSA) is 57.6 Å². The van der Waals surface area contributed by atoms with E-state index >= 15 is 0 Å². The maximum absolute atomic E-state index is 12.8. The Morgan fingerprint density at radius 2 is 1.58 bits per heavy atom. The summed E-state index contributed by atoms with van der Waals surface area (Å²) in [5.41, 5.74) is 4.28. The van der Waals surface area contributed by atoms with E-state index in [0.717, 1.165) is 28.0 Å². The molecule has 0 atom stereocenters. The van der Waals surface area contributed by atoms with Crippen LogP contribution in [0, 0.1) is 13.8 Å². The maximum Gasteiger partial charge on any atom is 0.301 e. The summed E-state index contributed by atoms with van der Waals surface area (Å²) >= 11 is 0. The zero-order valence-electron chi connectivity index (χ0n) is 14.0. The number of carbonyl (C=O) groups is 2. The van der Waals surface area contributed by atoms with Crippen LogP contribution in [0.15, 0.2) is 48.2 Å². The van der Waals surface area contributed by atoms with Crippen molar-refractivity contribution in [2.45, 2.75) is 27.2 Å². The normalized spacial score (nSPS) is 14.7. The number of rotatable bonds is 3. The van der Waals surface area contributed by atoms with Gasteiger partial charge in [-0.3, -0.25) is 9.59 Å². The number of hydrogen-bond acceptors (Lipinski definition) is 3. The minimum Gasteiger partial charge on any atom is -0.502 e. The maximum atomic E-state index is 12.8. The molecule has 2 aromatic rings. The molecule has 0 aromatic heterocycles. The van der Waals surface area contributed by atoms with Gasteiger partial charge in [0, 0.05) is 0 Å². The number of benzene rings is 2. The fourth-order valence-corrected chi connectivity index (χ4v) is 2.79. The molecule has 1 N–H and O–H groups in total. The van der Waals surface area contributed by atoms with Crippen molar-refractivity contribution >= 4 is 23.1 Å². The van der Waals surface area contributed by atoms with Crippen LogP contribution in [0.4, 0.5) is 5.69 Å². The lowest BCUT2D eigenvalue weighted by molar-refractivity contribution is -0.121. The minimum absolute atomic E-state index is 0.0580. The molecule has 0 unspecified atom stereocenters. The molecule has 1 heterocycles. The van der Waals surface area contributed by atoms with E-state index in [4.69, 9.17) is 0 Å². The highest BCUT2D eigenvalue weighted by molar-refractivity contribution is 6.44. The summed E-state index contributed by atoms with van der Waals surface area (Å²) < 4.78 is 0. The Kier molecular flexibility index (Phi) is 3.97. The van der Waals surface area contributed by atoms with E-state index in [1.54, 1.807) is 18.2 Å². The molecule has 0 saturated carbocycles. The predicted octanol–water partition coefficient (Wildman–Crippen LogP) is 3.71. The van der Waals surface area contributed by atoms with E-state index in [9.17, 15) is 14.7 Å². The third-order valence-corrected chi connectivity index (χ3v) is 4.46. The molecule has 2 amide bonds. The molecule has 122 valence electrons. The lowest BCUT2D eigenvalue weighted by Crippen LogP contribution is -2.31. The van der Waals surface area contributed by atoms with Gasteiger partial charge in [-0.1, -0.05) is 37.3 Å². The second-order valence-electron chi connectivity index (χ2n) is 5.99. The van der Waals surface area contributed by atoms with Crippen LogP contribution in [0.25, 0.3) is 5.57 Å². The lowest BCUT2D eigenvalue weighted by atomic mass is 10.00. The predicted molar refractivity (Wildman–Crippen MR) is 93.8 cm³/mol. The average Bonchev–Trinajstić information content (AvgIpc) is 2.80. The number of imide groups is 1. The van der Waals surface area contributed by atoms with E-state index < -0.39 is 17.6 Å². The summed E-state index contributed by atoms with van der Waals surface area (Å²) in [5, 5.41) is 10.2. The van der Waals surface area contributed by atoms with Gasteiger partial charge in [-0.2, -0.15) is 0 Å². The average molecular weight is 321 g/mol. The molecular formula is C20H19NO3.